The zero-order chi connectivity index (χ0) is 12.4. The van der Waals surface area contributed by atoms with Crippen LogP contribution in [0.2, 0.25) is 0 Å². The second-order valence-electron chi connectivity index (χ2n) is 4.41. The van der Waals surface area contributed by atoms with E-state index in [0.717, 1.165) is 6.42 Å². The van der Waals surface area contributed by atoms with E-state index in [2.05, 4.69) is 35.2 Å². The zero-order valence-corrected chi connectivity index (χ0v) is 12.8. The van der Waals surface area contributed by atoms with E-state index in [4.69, 9.17) is 0 Å². The van der Waals surface area contributed by atoms with Crippen LogP contribution in [0.3, 0.4) is 0 Å². The van der Waals surface area contributed by atoms with Gasteiger partial charge < -0.3 is 5.32 Å². The smallest absolute Gasteiger partial charge is 0.0794 e. The lowest BCUT2D eigenvalue weighted by molar-refractivity contribution is 0.606. The number of aromatic nitrogens is 1. The molecule has 96 valence electrons. The Hall–Kier alpha value is -0.360. The Morgan fingerprint density at radius 3 is 3.17 bits per heavy atom. The molecule has 3 rings (SSSR count). The van der Waals surface area contributed by atoms with Gasteiger partial charge in [-0.3, -0.25) is 4.98 Å². The molecule has 0 aromatic carbocycles. The number of rotatable bonds is 4. The molecule has 0 spiro atoms. The summed E-state index contributed by atoms with van der Waals surface area (Å²) in [7, 11) is 2.05. The topological polar surface area (TPSA) is 24.9 Å². The van der Waals surface area contributed by atoms with Gasteiger partial charge in [-0.25, -0.2) is 0 Å². The molecule has 0 saturated carbocycles. The van der Waals surface area contributed by atoms with Crippen LogP contribution in [0.25, 0.3) is 0 Å². The van der Waals surface area contributed by atoms with Gasteiger partial charge in [-0.15, -0.1) is 22.7 Å². The minimum Gasteiger partial charge on any atom is -0.312 e. The van der Waals surface area contributed by atoms with E-state index in [1.54, 1.807) is 21.8 Å². The molecule has 1 N–H and O–H groups in total. The molecule has 18 heavy (non-hydrogen) atoms. The minimum absolute atomic E-state index is 0.436. The van der Waals surface area contributed by atoms with Crippen molar-refractivity contribution in [2.75, 3.05) is 12.8 Å². The highest BCUT2D eigenvalue weighted by Gasteiger charge is 2.19. The Balaban J connectivity index is 1.80. The first-order valence-corrected chi connectivity index (χ1v) is 8.95. The van der Waals surface area contributed by atoms with Crippen molar-refractivity contribution in [2.24, 2.45) is 0 Å². The summed E-state index contributed by atoms with van der Waals surface area (Å²) >= 11 is 5.80. The first kappa shape index (κ1) is 12.7. The first-order chi connectivity index (χ1) is 8.86. The number of hydrogen-bond donors (Lipinski definition) is 1. The second-order valence-corrected chi connectivity index (χ2v) is 7.66. The summed E-state index contributed by atoms with van der Waals surface area (Å²) in [5.41, 5.74) is 3.48. The predicted octanol–water partition coefficient (Wildman–Crippen LogP) is 3.50. The van der Waals surface area contributed by atoms with Crippen molar-refractivity contribution in [2.45, 2.75) is 24.6 Å². The molecule has 0 radical (unpaired) electrons. The van der Waals surface area contributed by atoms with Crippen LogP contribution in [0.1, 0.15) is 26.2 Å². The van der Waals surface area contributed by atoms with E-state index >= 15 is 0 Å². The van der Waals surface area contributed by atoms with Crippen LogP contribution < -0.4 is 5.32 Å². The number of fused-ring (bicyclic) bond motifs is 1. The van der Waals surface area contributed by atoms with Gasteiger partial charge in [-0.2, -0.15) is 11.8 Å². The van der Waals surface area contributed by atoms with E-state index in [9.17, 15) is 0 Å². The van der Waals surface area contributed by atoms with Crippen LogP contribution in [0, 0.1) is 0 Å². The van der Waals surface area contributed by atoms with Gasteiger partial charge in [0, 0.05) is 39.0 Å². The Morgan fingerprint density at radius 1 is 1.50 bits per heavy atom. The third-order valence-electron chi connectivity index (χ3n) is 3.23. The van der Waals surface area contributed by atoms with Gasteiger partial charge >= 0.3 is 0 Å². The molecular weight excluding hydrogens is 280 g/mol. The summed E-state index contributed by atoms with van der Waals surface area (Å²) in [5, 5.41) is 3.45. The van der Waals surface area contributed by atoms with Gasteiger partial charge in [-0.1, -0.05) is 0 Å². The number of nitrogens with one attached hydrogen (secondary N) is 1. The maximum atomic E-state index is 4.16. The fourth-order valence-corrected chi connectivity index (χ4v) is 5.36. The van der Waals surface area contributed by atoms with Gasteiger partial charge in [-0.05, 0) is 30.9 Å². The minimum atomic E-state index is 0.436. The quantitative estimate of drug-likeness (QED) is 0.935. The Labute approximate surface area is 120 Å². The fraction of sp³-hybridized carbons (Fsp3) is 0.462. The summed E-state index contributed by atoms with van der Waals surface area (Å²) < 4.78 is 0. The van der Waals surface area contributed by atoms with Crippen LogP contribution in [0.5, 0.6) is 0 Å². The second kappa shape index (κ2) is 5.74. The highest BCUT2D eigenvalue weighted by molar-refractivity contribution is 7.98. The molecule has 1 atom stereocenters. The lowest BCUT2D eigenvalue weighted by Gasteiger charge is -2.12. The van der Waals surface area contributed by atoms with Gasteiger partial charge in [0.15, 0.2) is 0 Å². The van der Waals surface area contributed by atoms with Crippen molar-refractivity contribution in [3.8, 4) is 0 Å². The van der Waals surface area contributed by atoms with Gasteiger partial charge in [0.05, 0.1) is 5.51 Å². The average molecular weight is 296 g/mol. The van der Waals surface area contributed by atoms with Crippen molar-refractivity contribution in [1.82, 2.24) is 10.3 Å². The van der Waals surface area contributed by atoms with E-state index in [1.165, 1.54) is 27.7 Å². The largest absolute Gasteiger partial charge is 0.312 e. The van der Waals surface area contributed by atoms with Crippen molar-refractivity contribution in [1.29, 1.82) is 0 Å². The highest BCUT2D eigenvalue weighted by atomic mass is 32.2. The number of likely N-dealkylation sites (N-methyl/N-ethyl adjacent to an activating group) is 1. The van der Waals surface area contributed by atoms with Crippen molar-refractivity contribution in [3.05, 3.63) is 38.0 Å². The lowest BCUT2D eigenvalue weighted by Crippen LogP contribution is -2.17. The maximum Gasteiger partial charge on any atom is 0.0794 e. The van der Waals surface area contributed by atoms with Crippen LogP contribution >= 0.6 is 34.4 Å². The van der Waals surface area contributed by atoms with E-state index in [1.807, 2.05) is 23.0 Å². The SMILES string of the molecule is CNC(Cc1cncs1)c1cc2c(s1)CCSC2. The summed E-state index contributed by atoms with van der Waals surface area (Å²) in [5.74, 6) is 2.48. The highest BCUT2D eigenvalue weighted by Crippen LogP contribution is 2.35. The molecule has 1 aliphatic rings. The number of nitrogens with zero attached hydrogens (tertiary/aromatic N) is 1. The maximum absolute atomic E-state index is 4.16. The number of thiophene rings is 1. The monoisotopic (exact) mass is 296 g/mol. The Kier molecular flexibility index (Phi) is 4.03. The fourth-order valence-electron chi connectivity index (χ4n) is 2.23. The van der Waals surface area contributed by atoms with Crippen molar-refractivity contribution in [3.63, 3.8) is 0 Å². The molecule has 0 aliphatic carbocycles. The van der Waals surface area contributed by atoms with Crippen molar-refractivity contribution < 1.29 is 0 Å². The molecular formula is C13H16N2S3. The molecule has 0 bridgehead atoms. The third-order valence-corrected chi connectivity index (χ3v) is 6.39. The van der Waals surface area contributed by atoms with Crippen LogP contribution in [-0.2, 0) is 18.6 Å². The number of hydrogen-bond acceptors (Lipinski definition) is 5. The van der Waals surface area contributed by atoms with E-state index in [0.29, 0.717) is 6.04 Å². The normalized spacial score (nSPS) is 16.5. The molecule has 2 aromatic heterocycles. The molecule has 1 unspecified atom stereocenters. The van der Waals surface area contributed by atoms with Gasteiger partial charge in [0.2, 0.25) is 0 Å². The Morgan fingerprint density at radius 2 is 2.44 bits per heavy atom. The molecule has 2 aromatic rings. The summed E-state index contributed by atoms with van der Waals surface area (Å²) in [4.78, 5) is 8.61. The molecule has 0 amide bonds. The summed E-state index contributed by atoms with van der Waals surface area (Å²) in [6.07, 6.45) is 4.29. The molecule has 0 saturated heterocycles. The molecule has 2 nitrogen and oxygen atoms in total. The first-order valence-electron chi connectivity index (χ1n) is 6.10. The van der Waals surface area contributed by atoms with Gasteiger partial charge in [0.25, 0.3) is 0 Å². The van der Waals surface area contributed by atoms with Gasteiger partial charge in [0.1, 0.15) is 0 Å². The average Bonchev–Trinajstić information content (AvgIpc) is 3.04. The number of thiazole rings is 1. The number of aryl methyl sites for hydroxylation is 1. The van der Waals surface area contributed by atoms with Crippen LogP contribution in [0.4, 0.5) is 0 Å². The summed E-state index contributed by atoms with van der Waals surface area (Å²) in [6, 6.07) is 2.85. The van der Waals surface area contributed by atoms with E-state index < -0.39 is 0 Å². The molecule has 3 heterocycles. The molecule has 5 heteroatoms. The lowest BCUT2D eigenvalue weighted by atomic mass is 10.1. The van der Waals surface area contributed by atoms with Crippen LogP contribution in [0.15, 0.2) is 17.8 Å². The molecule has 1 aliphatic heterocycles. The molecule has 0 fully saturated rings. The third kappa shape index (κ3) is 2.64. The zero-order valence-electron chi connectivity index (χ0n) is 10.3. The van der Waals surface area contributed by atoms with Crippen LogP contribution in [-0.4, -0.2) is 17.8 Å². The predicted molar refractivity (Wildman–Crippen MR) is 81.8 cm³/mol. The Bertz CT molecular complexity index is 481. The summed E-state index contributed by atoms with van der Waals surface area (Å²) in [6.45, 7) is 0. The standard InChI is InChI=1S/C13H16N2S3/c1-14-11(5-10-6-15-8-17-10)13-4-9-7-16-3-2-12(9)18-13/h4,6,8,11,14H,2-3,5,7H2,1H3. The number of thioether (sulfide) groups is 1. The van der Waals surface area contributed by atoms with E-state index in [-0.39, 0.29) is 0 Å². The van der Waals surface area contributed by atoms with Crippen molar-refractivity contribution >= 4 is 34.4 Å².